The minimum absolute atomic E-state index is 0.0250. The second-order valence-electron chi connectivity index (χ2n) is 7.16. The summed E-state index contributed by atoms with van der Waals surface area (Å²) in [5.41, 5.74) is 2.63. The van der Waals surface area contributed by atoms with Crippen molar-refractivity contribution >= 4 is 29.0 Å². The number of benzene rings is 1. The van der Waals surface area contributed by atoms with Crippen LogP contribution in [0, 0.1) is 6.92 Å². The van der Waals surface area contributed by atoms with E-state index in [0.717, 1.165) is 26.8 Å². The fourth-order valence-electron chi connectivity index (χ4n) is 3.95. The van der Waals surface area contributed by atoms with Crippen LogP contribution < -0.4 is 4.48 Å². The molecule has 1 aromatic carbocycles. The van der Waals surface area contributed by atoms with E-state index < -0.39 is 6.09 Å². The van der Waals surface area contributed by atoms with Gasteiger partial charge in [-0.2, -0.15) is 0 Å². The van der Waals surface area contributed by atoms with Crippen molar-refractivity contribution in [3.63, 3.8) is 0 Å². The van der Waals surface area contributed by atoms with E-state index in [1.807, 2.05) is 46.0 Å². The molecule has 1 aromatic heterocycles. The summed E-state index contributed by atoms with van der Waals surface area (Å²) in [6, 6.07) is 5.56. The lowest BCUT2D eigenvalue weighted by atomic mass is 9.87. The van der Waals surface area contributed by atoms with Gasteiger partial charge in [-0.3, -0.25) is 0 Å². The summed E-state index contributed by atoms with van der Waals surface area (Å²) in [5.74, 6) is 0.0417. The Balaban J connectivity index is 2.22. The van der Waals surface area contributed by atoms with Crippen molar-refractivity contribution in [3.05, 3.63) is 28.8 Å². The molecular weight excluding hydrogens is 364 g/mol. The van der Waals surface area contributed by atoms with E-state index in [1.54, 1.807) is 6.92 Å². The molecule has 0 radical (unpaired) electrons. The number of hydrogen-bond acceptors (Lipinski definition) is 5. The van der Waals surface area contributed by atoms with Crippen LogP contribution in [-0.4, -0.2) is 51.8 Å². The fraction of sp³-hybridized carbons (Fsp3) is 0.474. The number of aryl methyl sites for hydroxylation is 1. The smallest absolute Gasteiger partial charge is 0.407 e. The Morgan fingerprint density at radius 2 is 2.07 bits per heavy atom. The van der Waals surface area contributed by atoms with Gasteiger partial charge in [-0.15, -0.1) is 10.2 Å². The maximum atomic E-state index is 12.6. The number of aromatic nitrogens is 2. The van der Waals surface area contributed by atoms with Gasteiger partial charge < -0.3 is 10.0 Å². The third-order valence-corrected chi connectivity index (χ3v) is 6.61. The molecule has 8 heteroatoms. The van der Waals surface area contributed by atoms with E-state index in [2.05, 4.69) is 10.2 Å². The predicted molar refractivity (Wildman–Crippen MR) is 106 cm³/mol. The normalized spacial score (nSPS) is 24.3. The molecule has 0 fully saturated rings. The highest BCUT2D eigenvalue weighted by Crippen LogP contribution is 2.45. The molecule has 2 heterocycles. The number of quaternary nitrogens is 1. The van der Waals surface area contributed by atoms with Gasteiger partial charge in [0.2, 0.25) is 0 Å². The molecule has 1 aliphatic rings. The summed E-state index contributed by atoms with van der Waals surface area (Å²) in [4.78, 5) is 25.8. The van der Waals surface area contributed by atoms with Crippen LogP contribution in [0.25, 0.3) is 10.6 Å². The van der Waals surface area contributed by atoms with E-state index in [1.165, 1.54) is 16.2 Å². The first-order valence-electron chi connectivity index (χ1n) is 9.02. The molecule has 27 heavy (non-hydrogen) atoms. The standard InChI is InChI=1S/C19H24N4O3S/c1-6-22(19(25)26)16-9-11(2)23(5,13(4)24)17-8-7-14(10-15(16)17)18-21-20-12(3)27-18/h7-8,10-11,16H,6,9H2,1-5H3/p+1/t11-,16+,23?/m0/s1. The van der Waals surface area contributed by atoms with Gasteiger partial charge in [-0.25, -0.2) is 14.1 Å². The van der Waals surface area contributed by atoms with Gasteiger partial charge in [0.15, 0.2) is 0 Å². The molecule has 0 spiro atoms. The maximum Gasteiger partial charge on any atom is 0.407 e. The Labute approximate surface area is 162 Å². The first-order valence-corrected chi connectivity index (χ1v) is 9.83. The average molecular weight is 390 g/mol. The zero-order chi connectivity index (χ0) is 19.9. The summed E-state index contributed by atoms with van der Waals surface area (Å²) in [7, 11) is 1.91. The molecule has 144 valence electrons. The molecule has 2 aromatic rings. The van der Waals surface area contributed by atoms with E-state index in [-0.39, 0.29) is 22.5 Å². The Morgan fingerprint density at radius 1 is 1.37 bits per heavy atom. The van der Waals surface area contributed by atoms with Crippen molar-refractivity contribution in [2.45, 2.75) is 46.2 Å². The lowest BCUT2D eigenvalue weighted by Gasteiger charge is -2.45. The number of carbonyl (C=O) groups is 2. The molecule has 1 N–H and O–H groups in total. The van der Waals surface area contributed by atoms with Crippen molar-refractivity contribution in [1.29, 1.82) is 0 Å². The zero-order valence-corrected chi connectivity index (χ0v) is 17.1. The first kappa shape index (κ1) is 19.4. The highest BCUT2D eigenvalue weighted by Gasteiger charge is 2.47. The topological polar surface area (TPSA) is 83.4 Å². The van der Waals surface area contributed by atoms with E-state index in [4.69, 9.17) is 0 Å². The number of rotatable bonds is 3. The molecular formula is C19H25N4O3S+. The molecule has 3 rings (SSSR count). The maximum absolute atomic E-state index is 12.6. The Kier molecular flexibility index (Phi) is 5.05. The summed E-state index contributed by atoms with van der Waals surface area (Å²) < 4.78 is 0.165. The van der Waals surface area contributed by atoms with Gasteiger partial charge in [0.1, 0.15) is 15.7 Å². The zero-order valence-electron chi connectivity index (χ0n) is 16.3. The largest absolute Gasteiger partial charge is 0.465 e. The lowest BCUT2D eigenvalue weighted by Crippen LogP contribution is -2.60. The monoisotopic (exact) mass is 389 g/mol. The average Bonchev–Trinajstić information content (AvgIpc) is 3.05. The fourth-order valence-corrected chi connectivity index (χ4v) is 4.64. The number of carbonyl (C=O) groups excluding carboxylic acids is 1. The third-order valence-electron chi connectivity index (χ3n) is 5.72. The Morgan fingerprint density at radius 3 is 2.59 bits per heavy atom. The first-order chi connectivity index (χ1) is 12.7. The van der Waals surface area contributed by atoms with E-state index in [0.29, 0.717) is 13.0 Å². The van der Waals surface area contributed by atoms with Crippen LogP contribution >= 0.6 is 11.3 Å². The van der Waals surface area contributed by atoms with Gasteiger partial charge in [-0.05, 0) is 32.9 Å². The van der Waals surface area contributed by atoms with E-state index in [9.17, 15) is 14.7 Å². The Bertz CT molecular complexity index is 897. The highest BCUT2D eigenvalue weighted by atomic mass is 32.1. The molecule has 2 amide bonds. The van der Waals surface area contributed by atoms with Crippen molar-refractivity contribution in [1.82, 2.24) is 19.6 Å². The number of amides is 2. The van der Waals surface area contributed by atoms with Crippen molar-refractivity contribution in [3.8, 4) is 10.6 Å². The van der Waals surface area contributed by atoms with Crippen LogP contribution in [-0.2, 0) is 4.79 Å². The number of carboxylic acid groups (broad SMARTS) is 1. The minimum atomic E-state index is -0.947. The van der Waals surface area contributed by atoms with E-state index >= 15 is 0 Å². The van der Waals surface area contributed by atoms with Gasteiger partial charge in [-0.1, -0.05) is 11.3 Å². The highest BCUT2D eigenvalue weighted by molar-refractivity contribution is 7.14. The summed E-state index contributed by atoms with van der Waals surface area (Å²) in [5, 5.41) is 19.7. The van der Waals surface area contributed by atoms with Crippen LogP contribution in [0.1, 0.15) is 43.8 Å². The van der Waals surface area contributed by atoms with Crippen LogP contribution in [0.4, 0.5) is 10.5 Å². The van der Waals surface area contributed by atoms with Gasteiger partial charge in [0.25, 0.3) is 0 Å². The summed E-state index contributed by atoms with van der Waals surface area (Å²) in [6.45, 7) is 7.73. The number of fused-ring (bicyclic) bond motifs is 1. The molecule has 3 atom stereocenters. The van der Waals surface area contributed by atoms with Crippen LogP contribution in [0.15, 0.2) is 18.2 Å². The summed E-state index contributed by atoms with van der Waals surface area (Å²) >= 11 is 1.50. The minimum Gasteiger partial charge on any atom is -0.465 e. The molecule has 1 aliphatic heterocycles. The molecule has 7 nitrogen and oxygen atoms in total. The lowest BCUT2D eigenvalue weighted by molar-refractivity contribution is -0.129. The van der Waals surface area contributed by atoms with Crippen LogP contribution in [0.3, 0.4) is 0 Å². The second-order valence-corrected chi connectivity index (χ2v) is 8.35. The van der Waals surface area contributed by atoms with Gasteiger partial charge >= 0.3 is 12.0 Å². The van der Waals surface area contributed by atoms with Crippen molar-refractivity contribution in [2.75, 3.05) is 13.6 Å². The second kappa shape index (κ2) is 7.01. The summed E-state index contributed by atoms with van der Waals surface area (Å²) in [6.07, 6.45) is -0.362. The van der Waals surface area contributed by atoms with Crippen LogP contribution in [0.2, 0.25) is 0 Å². The van der Waals surface area contributed by atoms with Crippen molar-refractivity contribution < 1.29 is 14.7 Å². The molecule has 1 unspecified atom stereocenters. The predicted octanol–water partition coefficient (Wildman–Crippen LogP) is 3.83. The Hall–Kier alpha value is -2.32. The molecule has 0 saturated carbocycles. The van der Waals surface area contributed by atoms with Gasteiger partial charge in [0, 0.05) is 30.2 Å². The molecule has 0 bridgehead atoms. The number of nitrogens with zero attached hydrogens (tertiary/aromatic N) is 4. The molecule has 0 aliphatic carbocycles. The van der Waals surface area contributed by atoms with Gasteiger partial charge in [0.05, 0.1) is 26.1 Å². The third kappa shape index (κ3) is 3.12. The quantitative estimate of drug-likeness (QED) is 0.807. The van der Waals surface area contributed by atoms with Crippen molar-refractivity contribution in [2.24, 2.45) is 0 Å². The molecule has 0 saturated heterocycles. The van der Waals surface area contributed by atoms with Crippen LogP contribution in [0.5, 0.6) is 0 Å². The SMILES string of the molecule is CCN(C(=O)O)[C@@H]1C[C@H](C)[N+](C)(C(C)=O)c2ccc(-c3nnc(C)s3)cc21. The number of hydrogen-bond donors (Lipinski definition) is 1.